The number of methoxy groups -OCH3 is 1. The minimum atomic E-state index is 0.0801. The van der Waals surface area contributed by atoms with E-state index < -0.39 is 0 Å². The topological polar surface area (TPSA) is 50.7 Å². The minimum Gasteiger partial charge on any atom is -0.493 e. The minimum absolute atomic E-state index is 0.0801. The van der Waals surface area contributed by atoms with Crippen LogP contribution in [0.1, 0.15) is 18.9 Å². The molecular formula is C15H22ClNO3. The lowest BCUT2D eigenvalue weighted by Gasteiger charge is -2.16. The summed E-state index contributed by atoms with van der Waals surface area (Å²) >= 11 is 6.22. The van der Waals surface area contributed by atoms with Gasteiger partial charge in [0, 0.05) is 12.6 Å². The molecule has 1 atom stereocenters. The van der Waals surface area contributed by atoms with E-state index in [4.69, 9.17) is 26.2 Å². The molecule has 2 N–H and O–H groups in total. The molecule has 0 amide bonds. The summed E-state index contributed by atoms with van der Waals surface area (Å²) in [6.07, 6.45) is 2.51. The third kappa shape index (κ3) is 4.71. The van der Waals surface area contributed by atoms with E-state index in [0.29, 0.717) is 29.7 Å². The van der Waals surface area contributed by atoms with Crippen LogP contribution in [0.3, 0.4) is 0 Å². The fourth-order valence-corrected chi connectivity index (χ4v) is 2.05. The van der Waals surface area contributed by atoms with Crippen molar-refractivity contribution in [2.45, 2.75) is 25.9 Å². The maximum atomic E-state index is 9.16. The number of benzene rings is 1. The van der Waals surface area contributed by atoms with E-state index in [2.05, 4.69) is 11.9 Å². The molecule has 1 rings (SSSR count). The Morgan fingerprint density at radius 1 is 1.50 bits per heavy atom. The highest BCUT2D eigenvalue weighted by atomic mass is 35.5. The Bertz CT molecular complexity index is 433. The number of rotatable bonds is 9. The van der Waals surface area contributed by atoms with E-state index in [1.165, 1.54) is 0 Å². The van der Waals surface area contributed by atoms with Gasteiger partial charge in [-0.25, -0.2) is 0 Å². The quantitative estimate of drug-likeness (QED) is 0.689. The summed E-state index contributed by atoms with van der Waals surface area (Å²) in [5.41, 5.74) is 0.977. The van der Waals surface area contributed by atoms with Crippen LogP contribution < -0.4 is 14.8 Å². The second-order valence-electron chi connectivity index (χ2n) is 4.38. The van der Waals surface area contributed by atoms with Gasteiger partial charge in [0.25, 0.3) is 0 Å². The summed E-state index contributed by atoms with van der Waals surface area (Å²) in [6, 6.07) is 3.79. The van der Waals surface area contributed by atoms with Crippen LogP contribution in [-0.2, 0) is 6.54 Å². The molecule has 0 aromatic heterocycles. The normalized spacial score (nSPS) is 12.0. The summed E-state index contributed by atoms with van der Waals surface area (Å²) in [5, 5.41) is 12.9. The number of aliphatic hydroxyl groups is 1. The van der Waals surface area contributed by atoms with Crippen molar-refractivity contribution in [3.05, 3.63) is 35.4 Å². The van der Waals surface area contributed by atoms with Gasteiger partial charge in [0.05, 0.1) is 18.7 Å². The van der Waals surface area contributed by atoms with Crippen LogP contribution in [0.25, 0.3) is 0 Å². The van der Waals surface area contributed by atoms with Gasteiger partial charge in [-0.05, 0) is 24.1 Å². The molecule has 0 spiro atoms. The average Bonchev–Trinajstić information content (AvgIpc) is 2.46. The molecule has 5 heteroatoms. The van der Waals surface area contributed by atoms with Crippen LogP contribution in [-0.4, -0.2) is 31.5 Å². The van der Waals surface area contributed by atoms with Crippen LogP contribution in [0, 0.1) is 0 Å². The van der Waals surface area contributed by atoms with E-state index in [0.717, 1.165) is 12.0 Å². The first-order chi connectivity index (χ1) is 9.65. The highest BCUT2D eigenvalue weighted by Gasteiger charge is 2.12. The maximum Gasteiger partial charge on any atom is 0.180 e. The molecule has 0 aliphatic carbocycles. The van der Waals surface area contributed by atoms with Gasteiger partial charge in [-0.15, -0.1) is 0 Å². The smallest absolute Gasteiger partial charge is 0.180 e. The van der Waals surface area contributed by atoms with Crippen LogP contribution in [0.5, 0.6) is 11.5 Å². The third-order valence-corrected chi connectivity index (χ3v) is 3.22. The Morgan fingerprint density at radius 2 is 2.25 bits per heavy atom. The first-order valence-electron chi connectivity index (χ1n) is 6.60. The van der Waals surface area contributed by atoms with E-state index in [-0.39, 0.29) is 12.6 Å². The van der Waals surface area contributed by atoms with Gasteiger partial charge < -0.3 is 19.9 Å². The van der Waals surface area contributed by atoms with Gasteiger partial charge in [0.2, 0.25) is 0 Å². The van der Waals surface area contributed by atoms with Crippen molar-refractivity contribution in [3.8, 4) is 11.5 Å². The molecule has 0 saturated heterocycles. The number of nitrogens with one attached hydrogen (secondary N) is 1. The van der Waals surface area contributed by atoms with Crippen molar-refractivity contribution >= 4 is 11.6 Å². The molecule has 0 heterocycles. The second kappa shape index (κ2) is 8.84. The second-order valence-corrected chi connectivity index (χ2v) is 4.78. The fourth-order valence-electron chi connectivity index (χ4n) is 1.76. The molecule has 112 valence electrons. The van der Waals surface area contributed by atoms with E-state index >= 15 is 0 Å². The lowest BCUT2D eigenvalue weighted by atomic mass is 10.1. The summed E-state index contributed by atoms with van der Waals surface area (Å²) in [4.78, 5) is 0. The summed E-state index contributed by atoms with van der Waals surface area (Å²) < 4.78 is 10.8. The Hall–Kier alpha value is -1.23. The molecule has 0 radical (unpaired) electrons. The lowest BCUT2D eigenvalue weighted by Crippen LogP contribution is -2.31. The van der Waals surface area contributed by atoms with Crippen LogP contribution >= 0.6 is 11.6 Å². The first kappa shape index (κ1) is 16.8. The van der Waals surface area contributed by atoms with Crippen molar-refractivity contribution in [3.63, 3.8) is 0 Å². The highest BCUT2D eigenvalue weighted by Crippen LogP contribution is 2.36. The third-order valence-electron chi connectivity index (χ3n) is 2.94. The van der Waals surface area contributed by atoms with Crippen molar-refractivity contribution in [2.24, 2.45) is 0 Å². The van der Waals surface area contributed by atoms with Gasteiger partial charge in [0.1, 0.15) is 6.61 Å². The molecule has 4 nitrogen and oxygen atoms in total. The van der Waals surface area contributed by atoms with Gasteiger partial charge in [-0.2, -0.15) is 0 Å². The Labute approximate surface area is 125 Å². The molecule has 0 aliphatic rings. The Kier molecular flexibility index (Phi) is 7.44. The fraction of sp³-hybridized carbons (Fsp3) is 0.467. The lowest BCUT2D eigenvalue weighted by molar-refractivity contribution is 0.238. The zero-order valence-corrected chi connectivity index (χ0v) is 12.7. The number of hydrogen-bond donors (Lipinski definition) is 2. The number of hydrogen-bond acceptors (Lipinski definition) is 4. The summed E-state index contributed by atoms with van der Waals surface area (Å²) in [7, 11) is 1.58. The van der Waals surface area contributed by atoms with Crippen molar-refractivity contribution in [2.75, 3.05) is 20.3 Å². The summed E-state index contributed by atoms with van der Waals surface area (Å²) in [5.74, 6) is 1.11. The first-order valence-corrected chi connectivity index (χ1v) is 6.98. The van der Waals surface area contributed by atoms with E-state index in [1.807, 2.05) is 19.1 Å². The number of aliphatic hydroxyl groups excluding tert-OH is 1. The molecule has 1 unspecified atom stereocenters. The van der Waals surface area contributed by atoms with Crippen LogP contribution in [0.2, 0.25) is 5.02 Å². The zero-order chi connectivity index (χ0) is 15.0. The largest absolute Gasteiger partial charge is 0.493 e. The van der Waals surface area contributed by atoms with Crippen molar-refractivity contribution < 1.29 is 14.6 Å². The number of ether oxygens (including phenoxy) is 2. The van der Waals surface area contributed by atoms with E-state index in [9.17, 15) is 0 Å². The van der Waals surface area contributed by atoms with Gasteiger partial charge in [-0.1, -0.05) is 31.2 Å². The average molecular weight is 300 g/mol. The molecule has 0 bridgehead atoms. The summed E-state index contributed by atoms with van der Waals surface area (Å²) in [6.45, 7) is 6.72. The maximum absolute atomic E-state index is 9.16. The highest BCUT2D eigenvalue weighted by molar-refractivity contribution is 6.32. The van der Waals surface area contributed by atoms with Crippen molar-refractivity contribution in [1.29, 1.82) is 0 Å². The van der Waals surface area contributed by atoms with Gasteiger partial charge in [-0.3, -0.25) is 0 Å². The molecule has 0 fully saturated rings. The van der Waals surface area contributed by atoms with Crippen LogP contribution in [0.15, 0.2) is 24.8 Å². The molecule has 1 aromatic carbocycles. The predicted octanol–water partition coefficient (Wildman–Crippen LogP) is 2.77. The number of halogens is 1. The monoisotopic (exact) mass is 299 g/mol. The Balaban J connectivity index is 2.84. The molecular weight excluding hydrogens is 278 g/mol. The molecule has 0 aliphatic heterocycles. The molecule has 1 aromatic rings. The Morgan fingerprint density at radius 3 is 2.80 bits per heavy atom. The van der Waals surface area contributed by atoms with Gasteiger partial charge >= 0.3 is 0 Å². The van der Waals surface area contributed by atoms with E-state index in [1.54, 1.807) is 13.2 Å². The standard InChI is InChI=1S/C15H22ClNO3/c1-4-6-20-15-13(16)7-11(8-14(15)19-3)9-17-12(5-2)10-18/h4,7-8,12,17-18H,1,5-6,9-10H2,2-3H3. The molecule has 20 heavy (non-hydrogen) atoms. The van der Waals surface area contributed by atoms with Crippen LogP contribution in [0.4, 0.5) is 0 Å². The molecule has 0 saturated carbocycles. The predicted molar refractivity (Wildman–Crippen MR) is 81.7 cm³/mol. The zero-order valence-electron chi connectivity index (χ0n) is 12.0. The van der Waals surface area contributed by atoms with Crippen molar-refractivity contribution in [1.82, 2.24) is 5.32 Å². The van der Waals surface area contributed by atoms with Gasteiger partial charge in [0.15, 0.2) is 11.5 Å². The SMILES string of the molecule is C=CCOc1c(Cl)cc(CNC(CC)CO)cc1OC.